The molecule has 156 valence electrons. The average Bonchev–Trinajstić information content (AvgIpc) is 3.20. The highest BCUT2D eigenvalue weighted by Gasteiger charge is 2.29. The maximum atomic E-state index is 13.1. The molecular weight excluding hydrogens is 406 g/mol. The fraction of sp³-hybridized carbons (Fsp3) is 0.318. The Hall–Kier alpha value is -2.87. The first-order valence-electron chi connectivity index (χ1n) is 9.84. The van der Waals surface area contributed by atoms with Gasteiger partial charge in [-0.15, -0.1) is 0 Å². The Balaban J connectivity index is 1.35. The Morgan fingerprint density at radius 2 is 1.67 bits per heavy atom. The molecule has 0 bridgehead atoms. The molecule has 1 atom stereocenters. The van der Waals surface area contributed by atoms with Crippen molar-refractivity contribution in [3.63, 3.8) is 0 Å². The van der Waals surface area contributed by atoms with Gasteiger partial charge in [-0.25, -0.2) is 13.8 Å². The first-order chi connectivity index (χ1) is 14.5. The third-order valence-corrected chi connectivity index (χ3v) is 6.03. The van der Waals surface area contributed by atoms with E-state index in [0.29, 0.717) is 31.9 Å². The predicted octanol–water partition coefficient (Wildman–Crippen LogP) is 3.69. The first-order valence-corrected chi connectivity index (χ1v) is 10.6. The normalized spacial score (nSPS) is 16.7. The second kappa shape index (κ2) is 8.87. The fourth-order valence-corrected chi connectivity index (χ4v) is 4.33. The molecule has 1 aromatic heterocycles. The van der Waals surface area contributed by atoms with Gasteiger partial charge in [-0.3, -0.25) is 4.79 Å². The van der Waals surface area contributed by atoms with E-state index in [-0.39, 0.29) is 30.0 Å². The Bertz CT molecular complexity index is 1010. The zero-order valence-electron chi connectivity index (χ0n) is 16.6. The number of hydrogen-bond donors (Lipinski definition) is 0. The Kier molecular flexibility index (Phi) is 6.03. The monoisotopic (exact) mass is 428 g/mol. The number of amides is 1. The van der Waals surface area contributed by atoms with Crippen LogP contribution in [0, 0.1) is 11.6 Å². The van der Waals surface area contributed by atoms with Crippen LogP contribution in [0.2, 0.25) is 0 Å². The molecule has 1 aliphatic heterocycles. The maximum Gasteiger partial charge on any atom is 0.227 e. The van der Waals surface area contributed by atoms with Crippen LogP contribution in [0.25, 0.3) is 0 Å². The molecule has 4 rings (SSSR count). The summed E-state index contributed by atoms with van der Waals surface area (Å²) in [7, 11) is 0. The van der Waals surface area contributed by atoms with Gasteiger partial charge in [0.2, 0.25) is 11.0 Å². The van der Waals surface area contributed by atoms with E-state index in [2.05, 4.69) is 14.3 Å². The molecule has 2 aromatic carbocycles. The zero-order chi connectivity index (χ0) is 21.1. The molecule has 0 spiro atoms. The van der Waals surface area contributed by atoms with Gasteiger partial charge in [-0.05, 0) is 42.3 Å². The van der Waals surface area contributed by atoms with E-state index in [0.717, 1.165) is 16.3 Å². The van der Waals surface area contributed by atoms with Gasteiger partial charge >= 0.3 is 0 Å². The number of hydrogen-bond acceptors (Lipinski definition) is 5. The molecule has 1 aliphatic rings. The van der Waals surface area contributed by atoms with Crippen molar-refractivity contribution in [2.45, 2.75) is 25.8 Å². The number of halogens is 2. The highest BCUT2D eigenvalue weighted by Crippen LogP contribution is 2.23. The molecule has 1 saturated heterocycles. The van der Waals surface area contributed by atoms with E-state index >= 15 is 0 Å². The van der Waals surface area contributed by atoms with Crippen LogP contribution in [-0.4, -0.2) is 45.8 Å². The lowest BCUT2D eigenvalue weighted by Crippen LogP contribution is -2.54. The molecule has 1 unspecified atom stereocenters. The Morgan fingerprint density at radius 1 is 1.03 bits per heavy atom. The standard InChI is InChI=1S/C22H22F2N4OS/c1-15-14-27(10-11-28(15)21(29)13-17-4-8-19(24)9-5-17)22-25-20(26-30-22)12-16-2-6-18(23)7-3-16/h2-9,15H,10-14H2,1H3. The molecule has 0 saturated carbocycles. The lowest BCUT2D eigenvalue weighted by molar-refractivity contribution is -0.132. The van der Waals surface area contributed by atoms with E-state index in [9.17, 15) is 13.6 Å². The van der Waals surface area contributed by atoms with Crippen LogP contribution >= 0.6 is 11.5 Å². The van der Waals surface area contributed by atoms with Crippen molar-refractivity contribution in [2.24, 2.45) is 0 Å². The summed E-state index contributed by atoms with van der Waals surface area (Å²) in [5, 5.41) is 0.838. The van der Waals surface area contributed by atoms with Gasteiger partial charge in [0.1, 0.15) is 17.5 Å². The number of carbonyl (C=O) groups is 1. The van der Waals surface area contributed by atoms with Gasteiger partial charge in [0.15, 0.2) is 0 Å². The molecule has 30 heavy (non-hydrogen) atoms. The molecule has 0 radical (unpaired) electrons. The number of piperazine rings is 1. The molecule has 1 amide bonds. The van der Waals surface area contributed by atoms with Crippen molar-refractivity contribution < 1.29 is 13.6 Å². The number of nitrogens with zero attached hydrogens (tertiary/aromatic N) is 4. The lowest BCUT2D eigenvalue weighted by atomic mass is 10.1. The van der Waals surface area contributed by atoms with E-state index in [4.69, 9.17) is 0 Å². The first kappa shape index (κ1) is 20.4. The summed E-state index contributed by atoms with van der Waals surface area (Å²) in [5.41, 5.74) is 1.77. The van der Waals surface area contributed by atoms with E-state index < -0.39 is 0 Å². The molecule has 8 heteroatoms. The van der Waals surface area contributed by atoms with Gasteiger partial charge in [-0.1, -0.05) is 24.3 Å². The highest BCUT2D eigenvalue weighted by atomic mass is 32.1. The Morgan fingerprint density at radius 3 is 2.30 bits per heavy atom. The second-order valence-electron chi connectivity index (χ2n) is 7.48. The summed E-state index contributed by atoms with van der Waals surface area (Å²) in [4.78, 5) is 21.4. The summed E-state index contributed by atoms with van der Waals surface area (Å²) in [6, 6.07) is 12.4. The highest BCUT2D eigenvalue weighted by molar-refractivity contribution is 7.09. The minimum absolute atomic E-state index is 0.0381. The Labute approximate surface area is 178 Å². The van der Waals surface area contributed by atoms with Crippen molar-refractivity contribution in [3.05, 3.63) is 77.1 Å². The average molecular weight is 429 g/mol. The molecule has 5 nitrogen and oxygen atoms in total. The minimum atomic E-state index is -0.302. The SMILES string of the molecule is CC1CN(c2nc(Cc3ccc(F)cc3)ns2)CCN1C(=O)Cc1ccc(F)cc1. The van der Waals surface area contributed by atoms with Crippen molar-refractivity contribution in [2.75, 3.05) is 24.5 Å². The summed E-state index contributed by atoms with van der Waals surface area (Å²) in [6.07, 6.45) is 0.827. The third kappa shape index (κ3) is 4.81. The van der Waals surface area contributed by atoms with Gasteiger partial charge in [0, 0.05) is 43.6 Å². The lowest BCUT2D eigenvalue weighted by Gasteiger charge is -2.39. The number of anilines is 1. The molecule has 0 aliphatic carbocycles. The number of aromatic nitrogens is 2. The molecule has 1 fully saturated rings. The van der Waals surface area contributed by atoms with Crippen LogP contribution in [0.5, 0.6) is 0 Å². The van der Waals surface area contributed by atoms with Crippen LogP contribution in [0.1, 0.15) is 23.9 Å². The topological polar surface area (TPSA) is 49.3 Å². The van der Waals surface area contributed by atoms with Crippen LogP contribution < -0.4 is 4.90 Å². The second-order valence-corrected chi connectivity index (χ2v) is 8.21. The maximum absolute atomic E-state index is 13.1. The van der Waals surface area contributed by atoms with E-state index in [1.165, 1.54) is 35.8 Å². The summed E-state index contributed by atoms with van der Waals surface area (Å²) in [6.45, 7) is 3.99. The smallest absolute Gasteiger partial charge is 0.227 e. The van der Waals surface area contributed by atoms with Gasteiger partial charge in [0.05, 0.1) is 6.42 Å². The predicted molar refractivity (Wildman–Crippen MR) is 113 cm³/mol. The van der Waals surface area contributed by atoms with Gasteiger partial charge in [-0.2, -0.15) is 4.37 Å². The van der Waals surface area contributed by atoms with Crippen LogP contribution in [0.3, 0.4) is 0 Å². The summed E-state index contributed by atoms with van der Waals surface area (Å²) >= 11 is 1.35. The number of carbonyl (C=O) groups excluding carboxylic acids is 1. The largest absolute Gasteiger partial charge is 0.343 e. The van der Waals surface area contributed by atoms with Crippen molar-refractivity contribution in [1.29, 1.82) is 0 Å². The minimum Gasteiger partial charge on any atom is -0.343 e. The number of benzene rings is 2. The quantitative estimate of drug-likeness (QED) is 0.622. The van der Waals surface area contributed by atoms with Gasteiger partial charge in [0.25, 0.3) is 0 Å². The van der Waals surface area contributed by atoms with Crippen molar-refractivity contribution in [1.82, 2.24) is 14.3 Å². The van der Waals surface area contributed by atoms with Crippen LogP contribution in [0.4, 0.5) is 13.9 Å². The summed E-state index contributed by atoms with van der Waals surface area (Å²) < 4.78 is 30.6. The van der Waals surface area contributed by atoms with Crippen LogP contribution in [-0.2, 0) is 17.6 Å². The molecular formula is C22H22F2N4OS. The van der Waals surface area contributed by atoms with Crippen molar-refractivity contribution >= 4 is 22.6 Å². The number of rotatable bonds is 5. The molecule has 3 aromatic rings. The van der Waals surface area contributed by atoms with Crippen LogP contribution in [0.15, 0.2) is 48.5 Å². The third-order valence-electron chi connectivity index (χ3n) is 5.22. The molecule has 0 N–H and O–H groups in total. The molecule has 2 heterocycles. The zero-order valence-corrected chi connectivity index (χ0v) is 17.4. The van der Waals surface area contributed by atoms with E-state index in [1.54, 1.807) is 24.3 Å². The van der Waals surface area contributed by atoms with E-state index in [1.807, 2.05) is 11.8 Å². The van der Waals surface area contributed by atoms with Gasteiger partial charge < -0.3 is 9.80 Å². The van der Waals surface area contributed by atoms with Crippen molar-refractivity contribution in [3.8, 4) is 0 Å². The summed E-state index contributed by atoms with van der Waals surface area (Å²) in [5.74, 6) is 0.197. The fourth-order valence-electron chi connectivity index (χ4n) is 3.61.